The molecule has 2 N–H and O–H groups in total. The maximum Gasteiger partial charge on any atom is 0.246 e. The Balaban J connectivity index is 2.28. The second kappa shape index (κ2) is 13.1. The number of hydrogen-bond donors (Lipinski definition) is 2. The third kappa shape index (κ3) is 7.00. The number of rotatable bonds is 8. The van der Waals surface area contributed by atoms with Crippen molar-refractivity contribution in [2.75, 3.05) is 31.6 Å². The predicted octanol–water partition coefficient (Wildman–Crippen LogP) is 4.87. The number of aromatic nitrogens is 1. The van der Waals surface area contributed by atoms with Crippen molar-refractivity contribution in [3.63, 3.8) is 0 Å². The van der Waals surface area contributed by atoms with Gasteiger partial charge in [0.25, 0.3) is 0 Å². The van der Waals surface area contributed by atoms with Crippen molar-refractivity contribution in [2.45, 2.75) is 46.2 Å². The van der Waals surface area contributed by atoms with Gasteiger partial charge in [0.15, 0.2) is 5.82 Å². The van der Waals surface area contributed by atoms with Crippen LogP contribution in [-0.4, -0.2) is 77.4 Å². The van der Waals surface area contributed by atoms with Gasteiger partial charge in [-0.1, -0.05) is 30.3 Å². The van der Waals surface area contributed by atoms with Crippen LogP contribution in [0, 0.1) is 11.2 Å². The largest absolute Gasteiger partial charge is 0.366 e. The predicted molar refractivity (Wildman–Crippen MR) is 163 cm³/mol. The topological polar surface area (TPSA) is 105 Å². The molecule has 0 aliphatic carbocycles. The molecule has 218 valence electrons. The van der Waals surface area contributed by atoms with E-state index in [9.17, 15) is 14.0 Å². The van der Waals surface area contributed by atoms with Crippen molar-refractivity contribution in [1.82, 2.24) is 20.1 Å². The fraction of sp³-hybridized carbons (Fsp3) is 0.367. The molecule has 1 aliphatic rings. The number of carbonyl (C=O) groups excluding carboxylic acids is 2. The molecule has 0 spiro atoms. The maximum absolute atomic E-state index is 14.9. The van der Waals surface area contributed by atoms with E-state index >= 15 is 0 Å². The molecular formula is C30H37ClFN7O2. The molecule has 3 rings (SSSR count). The van der Waals surface area contributed by atoms with E-state index in [-0.39, 0.29) is 34.0 Å². The Morgan fingerprint density at radius 2 is 2.00 bits per heavy atom. The average Bonchev–Trinajstić information content (AvgIpc) is 2.93. The number of piperazine rings is 1. The van der Waals surface area contributed by atoms with Gasteiger partial charge in [-0.15, -0.1) is 0 Å². The molecule has 1 fully saturated rings. The first-order valence-corrected chi connectivity index (χ1v) is 13.6. The van der Waals surface area contributed by atoms with Gasteiger partial charge >= 0.3 is 0 Å². The third-order valence-electron chi connectivity index (χ3n) is 6.58. The van der Waals surface area contributed by atoms with Gasteiger partial charge in [-0.3, -0.25) is 19.5 Å². The molecule has 2 heterocycles. The minimum atomic E-state index is -0.515. The van der Waals surface area contributed by atoms with Crippen LogP contribution >= 0.6 is 11.6 Å². The molecule has 0 saturated carbocycles. The zero-order valence-electron chi connectivity index (χ0n) is 24.3. The summed E-state index contributed by atoms with van der Waals surface area (Å²) in [5.41, 5.74) is 0.761. The molecule has 1 aliphatic heterocycles. The molecule has 1 aromatic carbocycles. The Labute approximate surface area is 245 Å². The number of amides is 2. The molecule has 1 aromatic heterocycles. The summed E-state index contributed by atoms with van der Waals surface area (Å²) >= 11 is 6.75. The summed E-state index contributed by atoms with van der Waals surface area (Å²) in [6.45, 7) is 14.4. The van der Waals surface area contributed by atoms with Crippen molar-refractivity contribution in [2.24, 2.45) is 4.99 Å². The van der Waals surface area contributed by atoms with E-state index in [2.05, 4.69) is 16.9 Å². The van der Waals surface area contributed by atoms with E-state index in [0.717, 1.165) is 6.21 Å². The molecule has 2 amide bonds. The van der Waals surface area contributed by atoms with Crippen molar-refractivity contribution >= 4 is 41.8 Å². The molecule has 0 radical (unpaired) electrons. The van der Waals surface area contributed by atoms with Gasteiger partial charge < -0.3 is 20.5 Å². The highest BCUT2D eigenvalue weighted by molar-refractivity contribution is 6.33. The molecule has 2 aromatic rings. The number of carbonyl (C=O) groups is 2. The number of amidine groups is 1. The number of hydrogen-bond acceptors (Lipinski definition) is 6. The summed E-state index contributed by atoms with van der Waals surface area (Å²) in [6.07, 6.45) is 3.04. The minimum Gasteiger partial charge on any atom is -0.366 e. The van der Waals surface area contributed by atoms with Gasteiger partial charge in [-0.05, 0) is 58.9 Å². The number of nitrogens with zero attached hydrogens (tertiary/aromatic N) is 5. The first kappa shape index (κ1) is 31.5. The molecule has 41 heavy (non-hydrogen) atoms. The Morgan fingerprint density at radius 3 is 2.54 bits per heavy atom. The summed E-state index contributed by atoms with van der Waals surface area (Å²) in [6, 6.07) is 7.62. The van der Waals surface area contributed by atoms with E-state index in [1.165, 1.54) is 17.0 Å². The quantitative estimate of drug-likeness (QED) is 0.200. The monoisotopic (exact) mass is 581 g/mol. The highest BCUT2D eigenvalue weighted by Gasteiger charge is 2.32. The summed E-state index contributed by atoms with van der Waals surface area (Å²) in [5.74, 6) is 0.333. The van der Waals surface area contributed by atoms with Gasteiger partial charge in [-0.2, -0.15) is 0 Å². The summed E-state index contributed by atoms with van der Waals surface area (Å²) in [5, 5.41) is 11.4. The number of anilines is 1. The van der Waals surface area contributed by atoms with Crippen LogP contribution in [0.1, 0.15) is 40.2 Å². The lowest BCUT2D eigenvalue weighted by molar-refractivity contribution is -0.128. The second-order valence-electron chi connectivity index (χ2n) is 10.8. The van der Waals surface area contributed by atoms with Crippen LogP contribution in [0.5, 0.6) is 0 Å². The standard InChI is InChI=1S/C30H37ClFN7O2/c1-8-25(41)37-13-14-38(20(3)17-37)28(34-7)22-15-23(31)26(21-11-9-10-12-24(21)32)35-29(22)39(18-40)27(19(2)16-33)36-30(4,5)6/h8-12,15-16,18,20,33,36H,1,13-14,17H2,2-7H3/b27-19+,33-16?,34-28+. The van der Waals surface area contributed by atoms with E-state index in [1.807, 2.05) is 32.6 Å². The Morgan fingerprint density at radius 1 is 1.32 bits per heavy atom. The van der Waals surface area contributed by atoms with Crippen molar-refractivity contribution < 1.29 is 14.0 Å². The smallest absolute Gasteiger partial charge is 0.246 e. The highest BCUT2D eigenvalue weighted by Crippen LogP contribution is 2.35. The van der Waals surface area contributed by atoms with Crippen LogP contribution in [-0.2, 0) is 9.59 Å². The van der Waals surface area contributed by atoms with Gasteiger partial charge in [0.05, 0.1) is 16.3 Å². The fourth-order valence-electron chi connectivity index (χ4n) is 4.66. The number of aliphatic imine (C=N–C) groups is 1. The van der Waals surface area contributed by atoms with Crippen molar-refractivity contribution in [3.8, 4) is 11.3 Å². The molecule has 1 atom stereocenters. The number of nitrogens with one attached hydrogen (secondary N) is 2. The minimum absolute atomic E-state index is 0.139. The Kier molecular flexibility index (Phi) is 10.0. The van der Waals surface area contributed by atoms with Crippen molar-refractivity contribution in [1.29, 1.82) is 5.41 Å². The summed E-state index contributed by atoms with van der Waals surface area (Å²) in [7, 11) is 1.63. The van der Waals surface area contributed by atoms with Crippen LogP contribution in [0.15, 0.2) is 59.4 Å². The first-order valence-electron chi connectivity index (χ1n) is 13.2. The van der Waals surface area contributed by atoms with Crippen LogP contribution < -0.4 is 10.2 Å². The lowest BCUT2D eigenvalue weighted by Crippen LogP contribution is -2.55. The van der Waals surface area contributed by atoms with Crippen LogP contribution in [0.4, 0.5) is 10.2 Å². The van der Waals surface area contributed by atoms with Crippen LogP contribution in [0.3, 0.4) is 0 Å². The van der Waals surface area contributed by atoms with E-state index in [4.69, 9.17) is 22.0 Å². The van der Waals surface area contributed by atoms with E-state index in [1.54, 1.807) is 43.1 Å². The van der Waals surface area contributed by atoms with E-state index in [0.29, 0.717) is 48.8 Å². The van der Waals surface area contributed by atoms with E-state index < -0.39 is 11.4 Å². The molecule has 9 nitrogen and oxygen atoms in total. The Hall–Kier alpha value is -4.05. The lowest BCUT2D eigenvalue weighted by Gasteiger charge is -2.42. The number of pyridine rings is 1. The SMILES string of the molecule is C=CC(=O)N1CCN(/C(=N/C)c2cc(Cl)c(-c3ccccc3F)nc2N(C=O)/C(NC(C)(C)C)=C(\C)C=N)C(C)C1. The molecule has 0 bridgehead atoms. The zero-order valence-corrected chi connectivity index (χ0v) is 25.1. The van der Waals surface area contributed by atoms with Crippen LogP contribution in [0.2, 0.25) is 5.02 Å². The number of halogens is 2. The molecular weight excluding hydrogens is 545 g/mol. The maximum atomic E-state index is 14.9. The summed E-state index contributed by atoms with van der Waals surface area (Å²) in [4.78, 5) is 39.5. The zero-order chi connectivity index (χ0) is 30.5. The number of benzene rings is 1. The van der Waals surface area contributed by atoms with Gasteiger partial charge in [0.2, 0.25) is 12.3 Å². The summed E-state index contributed by atoms with van der Waals surface area (Å²) < 4.78 is 14.9. The molecule has 1 unspecified atom stereocenters. The average molecular weight is 582 g/mol. The third-order valence-corrected chi connectivity index (χ3v) is 6.87. The molecule has 1 saturated heterocycles. The normalized spacial score (nSPS) is 16.6. The fourth-order valence-corrected chi connectivity index (χ4v) is 4.91. The van der Waals surface area contributed by atoms with Crippen molar-refractivity contribution in [3.05, 3.63) is 70.8 Å². The number of allylic oxidation sites excluding steroid dienone is 1. The second-order valence-corrected chi connectivity index (χ2v) is 11.2. The Bertz CT molecular complexity index is 1400. The van der Waals surface area contributed by atoms with Gasteiger partial charge in [0.1, 0.15) is 17.5 Å². The molecule has 11 heteroatoms. The van der Waals surface area contributed by atoms with Crippen LogP contribution in [0.25, 0.3) is 11.3 Å². The first-order chi connectivity index (χ1) is 19.4. The van der Waals surface area contributed by atoms with Gasteiger partial charge in [0, 0.05) is 55.6 Å². The lowest BCUT2D eigenvalue weighted by atomic mass is 10.1. The van der Waals surface area contributed by atoms with Gasteiger partial charge in [-0.25, -0.2) is 9.37 Å². The highest BCUT2D eigenvalue weighted by atomic mass is 35.5.